The molecule has 0 atom stereocenters. The highest BCUT2D eigenvalue weighted by Gasteiger charge is 2.02. The fraction of sp³-hybridized carbons (Fsp3) is 0.214. The molecule has 100 valence electrons. The Labute approximate surface area is 117 Å². The molecule has 0 bridgehead atoms. The summed E-state index contributed by atoms with van der Waals surface area (Å²) in [5, 5.41) is 3.74. The molecule has 2 aromatic rings. The van der Waals surface area contributed by atoms with E-state index in [2.05, 4.69) is 10.3 Å². The van der Waals surface area contributed by atoms with Crippen molar-refractivity contribution in [2.24, 2.45) is 0 Å². The van der Waals surface area contributed by atoms with E-state index in [9.17, 15) is 0 Å². The number of aromatic nitrogens is 1. The molecule has 2 rings (SSSR count). The summed E-state index contributed by atoms with van der Waals surface area (Å²) in [6.07, 6.45) is 1.69. The van der Waals surface area contributed by atoms with Gasteiger partial charge in [0.25, 0.3) is 0 Å². The van der Waals surface area contributed by atoms with Crippen LogP contribution in [0, 0.1) is 0 Å². The Morgan fingerprint density at radius 2 is 1.79 bits per heavy atom. The zero-order chi connectivity index (χ0) is 13.7. The van der Waals surface area contributed by atoms with Crippen LogP contribution in [-0.2, 0) is 6.54 Å². The van der Waals surface area contributed by atoms with Crippen molar-refractivity contribution in [3.63, 3.8) is 0 Å². The molecule has 0 aliphatic rings. The number of nitrogens with zero attached hydrogens (tertiary/aromatic N) is 1. The van der Waals surface area contributed by atoms with Gasteiger partial charge in [-0.2, -0.15) is 0 Å². The molecule has 1 N–H and O–H groups in total. The van der Waals surface area contributed by atoms with Crippen molar-refractivity contribution in [2.75, 3.05) is 19.5 Å². The first-order valence-corrected chi connectivity index (χ1v) is 6.16. The van der Waals surface area contributed by atoms with E-state index in [0.29, 0.717) is 11.7 Å². The molecular weight excluding hydrogens is 264 g/mol. The first-order valence-electron chi connectivity index (χ1n) is 5.78. The van der Waals surface area contributed by atoms with Gasteiger partial charge in [0, 0.05) is 12.6 Å². The summed E-state index contributed by atoms with van der Waals surface area (Å²) < 4.78 is 10.5. The third-order valence-corrected chi connectivity index (χ3v) is 2.86. The SMILES string of the molecule is COc1cc(CNc2ccc(Cl)nc2)cc(OC)c1. The highest BCUT2D eigenvalue weighted by Crippen LogP contribution is 2.23. The van der Waals surface area contributed by atoms with Gasteiger partial charge >= 0.3 is 0 Å². The van der Waals surface area contributed by atoms with Crippen LogP contribution in [-0.4, -0.2) is 19.2 Å². The Hall–Kier alpha value is -1.94. The summed E-state index contributed by atoms with van der Waals surface area (Å²) in [5.41, 5.74) is 1.97. The van der Waals surface area contributed by atoms with Crippen molar-refractivity contribution in [3.05, 3.63) is 47.2 Å². The molecule has 0 saturated carbocycles. The largest absolute Gasteiger partial charge is 0.497 e. The summed E-state index contributed by atoms with van der Waals surface area (Å²) in [7, 11) is 3.27. The van der Waals surface area contributed by atoms with E-state index in [1.165, 1.54) is 0 Å². The van der Waals surface area contributed by atoms with E-state index in [4.69, 9.17) is 21.1 Å². The quantitative estimate of drug-likeness (QED) is 0.852. The monoisotopic (exact) mass is 278 g/mol. The average molecular weight is 279 g/mol. The molecule has 5 heteroatoms. The van der Waals surface area contributed by atoms with E-state index in [-0.39, 0.29) is 0 Å². The van der Waals surface area contributed by atoms with Crippen molar-refractivity contribution in [1.82, 2.24) is 4.98 Å². The average Bonchev–Trinajstić information content (AvgIpc) is 2.46. The first-order chi connectivity index (χ1) is 9.21. The van der Waals surface area contributed by atoms with Crippen molar-refractivity contribution in [1.29, 1.82) is 0 Å². The maximum Gasteiger partial charge on any atom is 0.129 e. The topological polar surface area (TPSA) is 43.4 Å². The third kappa shape index (κ3) is 3.76. The van der Waals surface area contributed by atoms with Crippen LogP contribution >= 0.6 is 11.6 Å². The second-order valence-electron chi connectivity index (χ2n) is 3.94. The predicted molar refractivity (Wildman–Crippen MR) is 76.1 cm³/mol. The van der Waals surface area contributed by atoms with E-state index < -0.39 is 0 Å². The number of anilines is 1. The number of ether oxygens (including phenoxy) is 2. The first kappa shape index (κ1) is 13.5. The third-order valence-electron chi connectivity index (χ3n) is 2.64. The highest BCUT2D eigenvalue weighted by molar-refractivity contribution is 6.29. The molecule has 0 saturated heterocycles. The Morgan fingerprint density at radius 1 is 1.11 bits per heavy atom. The molecule has 0 aliphatic carbocycles. The van der Waals surface area contributed by atoms with E-state index in [1.54, 1.807) is 26.5 Å². The van der Waals surface area contributed by atoms with E-state index in [1.807, 2.05) is 24.3 Å². The number of methoxy groups -OCH3 is 2. The summed E-state index contributed by atoms with van der Waals surface area (Å²) in [6, 6.07) is 9.38. The van der Waals surface area contributed by atoms with Crippen LogP contribution in [0.15, 0.2) is 36.5 Å². The van der Waals surface area contributed by atoms with Gasteiger partial charge in [0.1, 0.15) is 16.7 Å². The maximum atomic E-state index is 5.74. The number of rotatable bonds is 5. The minimum atomic E-state index is 0.480. The van der Waals surface area contributed by atoms with Gasteiger partial charge in [-0.15, -0.1) is 0 Å². The standard InChI is InChI=1S/C14H15ClN2O2/c1-18-12-5-10(6-13(7-12)19-2)8-16-11-3-4-14(15)17-9-11/h3-7,9,16H,8H2,1-2H3. The minimum absolute atomic E-state index is 0.480. The van der Waals surface area contributed by atoms with Gasteiger partial charge in [-0.05, 0) is 29.8 Å². The van der Waals surface area contributed by atoms with Crippen molar-refractivity contribution >= 4 is 17.3 Å². The van der Waals surface area contributed by atoms with Gasteiger partial charge in [0.2, 0.25) is 0 Å². The minimum Gasteiger partial charge on any atom is -0.497 e. The Morgan fingerprint density at radius 3 is 2.32 bits per heavy atom. The van der Waals surface area contributed by atoms with Crippen LogP contribution in [0.2, 0.25) is 5.15 Å². The lowest BCUT2D eigenvalue weighted by atomic mass is 10.2. The molecule has 0 amide bonds. The van der Waals surface area contributed by atoms with E-state index in [0.717, 1.165) is 22.7 Å². The maximum absolute atomic E-state index is 5.74. The van der Waals surface area contributed by atoms with Crippen molar-refractivity contribution in [2.45, 2.75) is 6.54 Å². The zero-order valence-corrected chi connectivity index (χ0v) is 11.6. The van der Waals surface area contributed by atoms with Crippen LogP contribution in [0.1, 0.15) is 5.56 Å². The number of hydrogen-bond donors (Lipinski definition) is 1. The van der Waals surface area contributed by atoms with Gasteiger partial charge in [-0.3, -0.25) is 0 Å². The van der Waals surface area contributed by atoms with Crippen molar-refractivity contribution < 1.29 is 9.47 Å². The summed E-state index contributed by atoms with van der Waals surface area (Å²) in [6.45, 7) is 0.650. The molecule has 0 aliphatic heterocycles. The number of nitrogens with one attached hydrogen (secondary N) is 1. The molecule has 1 aromatic heterocycles. The molecule has 4 nitrogen and oxygen atoms in total. The summed E-state index contributed by atoms with van der Waals surface area (Å²) >= 11 is 5.74. The molecule has 1 aromatic carbocycles. The molecule has 19 heavy (non-hydrogen) atoms. The molecule has 0 radical (unpaired) electrons. The van der Waals surface area contributed by atoms with Crippen LogP contribution in [0.5, 0.6) is 11.5 Å². The molecule has 1 heterocycles. The second-order valence-corrected chi connectivity index (χ2v) is 4.33. The number of pyridine rings is 1. The molecular formula is C14H15ClN2O2. The fourth-order valence-electron chi connectivity index (χ4n) is 1.65. The second kappa shape index (κ2) is 6.29. The van der Waals surface area contributed by atoms with Gasteiger partial charge in [0.15, 0.2) is 0 Å². The van der Waals surface area contributed by atoms with Crippen molar-refractivity contribution in [3.8, 4) is 11.5 Å². The summed E-state index contributed by atoms with van der Waals surface area (Å²) in [4.78, 5) is 4.01. The molecule has 0 unspecified atom stereocenters. The zero-order valence-electron chi connectivity index (χ0n) is 10.8. The highest BCUT2D eigenvalue weighted by atomic mass is 35.5. The predicted octanol–water partition coefficient (Wildman–Crippen LogP) is 3.36. The van der Waals surface area contributed by atoms with Gasteiger partial charge in [-0.25, -0.2) is 4.98 Å². The summed E-state index contributed by atoms with van der Waals surface area (Å²) in [5.74, 6) is 1.54. The lowest BCUT2D eigenvalue weighted by Gasteiger charge is -2.10. The van der Waals surface area contributed by atoms with E-state index >= 15 is 0 Å². The van der Waals surface area contributed by atoms with Crippen LogP contribution in [0.25, 0.3) is 0 Å². The Balaban J connectivity index is 2.08. The van der Waals surface area contributed by atoms with Crippen LogP contribution in [0.3, 0.4) is 0 Å². The Bertz CT molecular complexity index is 521. The van der Waals surface area contributed by atoms with Crippen LogP contribution in [0.4, 0.5) is 5.69 Å². The number of benzene rings is 1. The number of halogens is 1. The molecule has 0 spiro atoms. The van der Waals surface area contributed by atoms with Crippen LogP contribution < -0.4 is 14.8 Å². The Kier molecular flexibility index (Phi) is 4.47. The van der Waals surface area contributed by atoms with Gasteiger partial charge in [-0.1, -0.05) is 11.6 Å². The molecule has 0 fully saturated rings. The lowest BCUT2D eigenvalue weighted by Crippen LogP contribution is -2.00. The smallest absolute Gasteiger partial charge is 0.129 e. The fourth-order valence-corrected chi connectivity index (χ4v) is 1.76. The lowest BCUT2D eigenvalue weighted by molar-refractivity contribution is 0.393. The normalized spacial score (nSPS) is 10.1. The van der Waals surface area contributed by atoms with Gasteiger partial charge in [0.05, 0.1) is 26.1 Å². The van der Waals surface area contributed by atoms with Gasteiger partial charge < -0.3 is 14.8 Å². The number of hydrogen-bond acceptors (Lipinski definition) is 4.